The molecule has 0 atom stereocenters. The monoisotopic (exact) mass is 298 g/mol. The Morgan fingerprint density at radius 1 is 1.29 bits per heavy atom. The number of carbonyl (C=O) groups is 1. The van der Waals surface area contributed by atoms with Crippen molar-refractivity contribution in [3.8, 4) is 5.75 Å². The minimum atomic E-state index is -4.73. The molecule has 0 aliphatic rings. The van der Waals surface area contributed by atoms with Crippen molar-refractivity contribution in [2.75, 3.05) is 0 Å². The normalized spacial score (nSPS) is 11.4. The first kappa shape index (κ1) is 15.1. The van der Waals surface area contributed by atoms with Crippen molar-refractivity contribution in [3.63, 3.8) is 0 Å². The number of alkyl halides is 3. The second-order valence-corrected chi connectivity index (χ2v) is 4.45. The maximum absolute atomic E-state index is 12.0. The molecular weight excluding hydrogens is 285 g/mol. The van der Waals surface area contributed by atoms with Gasteiger partial charge in [0.25, 0.3) is 0 Å². The number of ether oxygens (including phenoxy) is 1. The summed E-state index contributed by atoms with van der Waals surface area (Å²) in [7, 11) is 1.83. The molecule has 2 aromatic rings. The molecule has 0 saturated heterocycles. The molecule has 0 saturated carbocycles. The standard InChI is InChI=1S/C14H13F3N2O2/c1-19-9-8-18-13(19)7-6-12(20)10-2-4-11(5-3-10)21-14(15,16)17/h2-5,8-9H,6-7H2,1H3. The maximum Gasteiger partial charge on any atom is 0.573 e. The molecule has 0 N–H and O–H groups in total. The fourth-order valence-electron chi connectivity index (χ4n) is 1.85. The molecule has 0 spiro atoms. The quantitative estimate of drug-likeness (QED) is 0.797. The van der Waals surface area contributed by atoms with E-state index in [-0.39, 0.29) is 18.0 Å². The number of ketones is 1. The molecule has 112 valence electrons. The van der Waals surface area contributed by atoms with E-state index in [2.05, 4.69) is 9.72 Å². The third-order valence-corrected chi connectivity index (χ3v) is 2.91. The van der Waals surface area contributed by atoms with Crippen LogP contribution in [0.2, 0.25) is 0 Å². The van der Waals surface area contributed by atoms with Gasteiger partial charge in [0, 0.05) is 37.8 Å². The smallest absolute Gasteiger partial charge is 0.406 e. The minimum absolute atomic E-state index is 0.156. The van der Waals surface area contributed by atoms with Crippen molar-refractivity contribution < 1.29 is 22.7 Å². The molecule has 21 heavy (non-hydrogen) atoms. The molecule has 0 aliphatic heterocycles. The lowest BCUT2D eigenvalue weighted by molar-refractivity contribution is -0.274. The predicted octanol–water partition coefficient (Wildman–Crippen LogP) is 3.13. The lowest BCUT2D eigenvalue weighted by Gasteiger charge is -2.09. The van der Waals surface area contributed by atoms with Crippen LogP contribution in [0.15, 0.2) is 36.7 Å². The number of aryl methyl sites for hydroxylation is 2. The van der Waals surface area contributed by atoms with E-state index >= 15 is 0 Å². The van der Waals surface area contributed by atoms with Gasteiger partial charge in [-0.05, 0) is 24.3 Å². The molecule has 0 unspecified atom stereocenters. The van der Waals surface area contributed by atoms with E-state index in [9.17, 15) is 18.0 Å². The molecule has 7 heteroatoms. The highest BCUT2D eigenvalue weighted by Gasteiger charge is 2.31. The lowest BCUT2D eigenvalue weighted by Crippen LogP contribution is -2.17. The van der Waals surface area contributed by atoms with Crippen LogP contribution in [0.5, 0.6) is 5.75 Å². The van der Waals surface area contributed by atoms with E-state index in [0.29, 0.717) is 12.0 Å². The van der Waals surface area contributed by atoms with Gasteiger partial charge < -0.3 is 9.30 Å². The maximum atomic E-state index is 12.0. The third kappa shape index (κ3) is 4.34. The molecule has 2 rings (SSSR count). The summed E-state index contributed by atoms with van der Waals surface area (Å²) < 4.78 is 41.6. The number of rotatable bonds is 5. The number of nitrogens with zero attached hydrogens (tertiary/aromatic N) is 2. The summed E-state index contributed by atoms with van der Waals surface area (Å²) in [5, 5.41) is 0. The van der Waals surface area contributed by atoms with Gasteiger partial charge in [-0.2, -0.15) is 0 Å². The van der Waals surface area contributed by atoms with Gasteiger partial charge >= 0.3 is 6.36 Å². The van der Waals surface area contributed by atoms with E-state index in [1.807, 2.05) is 11.6 Å². The van der Waals surface area contributed by atoms with Crippen LogP contribution in [0.3, 0.4) is 0 Å². The Kier molecular flexibility index (Phi) is 4.30. The van der Waals surface area contributed by atoms with Crippen LogP contribution < -0.4 is 4.74 Å². The highest BCUT2D eigenvalue weighted by atomic mass is 19.4. The van der Waals surface area contributed by atoms with Crippen LogP contribution in [0.1, 0.15) is 22.6 Å². The molecule has 0 amide bonds. The Morgan fingerprint density at radius 2 is 1.95 bits per heavy atom. The largest absolute Gasteiger partial charge is 0.573 e. The zero-order valence-electron chi connectivity index (χ0n) is 11.2. The summed E-state index contributed by atoms with van der Waals surface area (Å²) in [6, 6.07) is 4.90. The van der Waals surface area contributed by atoms with Gasteiger partial charge in [0.05, 0.1) is 0 Å². The first-order chi connectivity index (χ1) is 9.85. The van der Waals surface area contributed by atoms with Crippen molar-refractivity contribution >= 4 is 5.78 Å². The number of hydrogen-bond acceptors (Lipinski definition) is 3. The average Bonchev–Trinajstić information content (AvgIpc) is 2.80. The number of aromatic nitrogens is 2. The van der Waals surface area contributed by atoms with Crippen LogP contribution in [0.25, 0.3) is 0 Å². The van der Waals surface area contributed by atoms with Gasteiger partial charge in [0.1, 0.15) is 11.6 Å². The molecular formula is C14H13F3N2O2. The molecule has 0 radical (unpaired) electrons. The van der Waals surface area contributed by atoms with Gasteiger partial charge in [-0.15, -0.1) is 13.2 Å². The minimum Gasteiger partial charge on any atom is -0.406 e. The van der Waals surface area contributed by atoms with E-state index in [1.165, 1.54) is 12.1 Å². The lowest BCUT2D eigenvalue weighted by atomic mass is 10.1. The summed E-state index contributed by atoms with van der Waals surface area (Å²) >= 11 is 0. The summed E-state index contributed by atoms with van der Waals surface area (Å²) in [4.78, 5) is 16.0. The van der Waals surface area contributed by atoms with Crippen molar-refractivity contribution in [1.82, 2.24) is 9.55 Å². The Bertz CT molecular complexity index is 618. The van der Waals surface area contributed by atoms with E-state index in [1.54, 1.807) is 12.4 Å². The number of carbonyl (C=O) groups excluding carboxylic acids is 1. The molecule has 1 aromatic heterocycles. The van der Waals surface area contributed by atoms with Crippen molar-refractivity contribution in [2.24, 2.45) is 7.05 Å². The Morgan fingerprint density at radius 3 is 2.48 bits per heavy atom. The zero-order valence-corrected chi connectivity index (χ0v) is 11.2. The molecule has 0 aliphatic carbocycles. The van der Waals surface area contributed by atoms with Gasteiger partial charge in [0.15, 0.2) is 5.78 Å². The van der Waals surface area contributed by atoms with Gasteiger partial charge in [-0.3, -0.25) is 4.79 Å². The van der Waals surface area contributed by atoms with Crippen LogP contribution in [-0.4, -0.2) is 21.7 Å². The molecule has 1 heterocycles. The first-order valence-corrected chi connectivity index (χ1v) is 6.20. The van der Waals surface area contributed by atoms with Crippen LogP contribution in [0.4, 0.5) is 13.2 Å². The van der Waals surface area contributed by atoms with E-state index in [0.717, 1.165) is 18.0 Å². The molecule has 4 nitrogen and oxygen atoms in total. The Labute approximate surface area is 119 Å². The number of halogens is 3. The van der Waals surface area contributed by atoms with Crippen LogP contribution in [-0.2, 0) is 13.5 Å². The van der Waals surface area contributed by atoms with Gasteiger partial charge in [-0.25, -0.2) is 4.98 Å². The van der Waals surface area contributed by atoms with Gasteiger partial charge in [-0.1, -0.05) is 0 Å². The fourth-order valence-corrected chi connectivity index (χ4v) is 1.85. The highest BCUT2D eigenvalue weighted by molar-refractivity contribution is 5.96. The second-order valence-electron chi connectivity index (χ2n) is 4.45. The first-order valence-electron chi connectivity index (χ1n) is 6.20. The van der Waals surface area contributed by atoms with E-state index < -0.39 is 6.36 Å². The zero-order chi connectivity index (χ0) is 15.5. The number of imidazole rings is 1. The Balaban J connectivity index is 1.95. The van der Waals surface area contributed by atoms with Crippen LogP contribution in [0, 0.1) is 0 Å². The fraction of sp³-hybridized carbons (Fsp3) is 0.286. The average molecular weight is 298 g/mol. The number of Topliss-reactive ketones (excluding diaryl/α,β-unsaturated/α-hetero) is 1. The number of hydrogen-bond donors (Lipinski definition) is 0. The van der Waals surface area contributed by atoms with Crippen molar-refractivity contribution in [1.29, 1.82) is 0 Å². The van der Waals surface area contributed by atoms with E-state index in [4.69, 9.17) is 0 Å². The molecule has 0 fully saturated rings. The summed E-state index contributed by atoms with van der Waals surface area (Å²) in [5.74, 6) is 0.278. The van der Waals surface area contributed by atoms with Crippen molar-refractivity contribution in [2.45, 2.75) is 19.2 Å². The summed E-state index contributed by atoms with van der Waals surface area (Å²) in [5.41, 5.74) is 0.346. The second kappa shape index (κ2) is 5.99. The predicted molar refractivity (Wildman–Crippen MR) is 69.0 cm³/mol. The number of benzene rings is 1. The van der Waals surface area contributed by atoms with Crippen molar-refractivity contribution in [3.05, 3.63) is 48.0 Å². The summed E-state index contributed by atoms with van der Waals surface area (Å²) in [6.45, 7) is 0. The topological polar surface area (TPSA) is 44.1 Å². The molecule has 0 bridgehead atoms. The van der Waals surface area contributed by atoms with Crippen LogP contribution >= 0.6 is 0 Å². The summed E-state index contributed by atoms with van der Waals surface area (Å²) in [6.07, 6.45) is -0.594. The highest BCUT2D eigenvalue weighted by Crippen LogP contribution is 2.23. The Hall–Kier alpha value is -2.31. The SMILES string of the molecule is Cn1ccnc1CCC(=O)c1ccc(OC(F)(F)F)cc1. The van der Waals surface area contributed by atoms with Gasteiger partial charge in [0.2, 0.25) is 0 Å². The third-order valence-electron chi connectivity index (χ3n) is 2.91. The molecule has 1 aromatic carbocycles.